The van der Waals surface area contributed by atoms with Crippen molar-refractivity contribution in [1.82, 2.24) is 19.2 Å². The fourth-order valence-electron chi connectivity index (χ4n) is 1.95. The summed E-state index contributed by atoms with van der Waals surface area (Å²) in [5.74, 6) is -0.178. The Bertz CT molecular complexity index is 920. The normalized spacial score (nSPS) is 12.1. The highest BCUT2D eigenvalue weighted by Gasteiger charge is 2.15. The average Bonchev–Trinajstić information content (AvgIpc) is 3.13. The maximum atomic E-state index is 12.5. The molecule has 0 aliphatic heterocycles. The first kappa shape index (κ1) is 16.7. The van der Waals surface area contributed by atoms with Crippen LogP contribution in [-0.4, -0.2) is 29.3 Å². The van der Waals surface area contributed by atoms with Gasteiger partial charge in [0.15, 0.2) is 16.1 Å². The number of halogens is 1. The molecule has 124 valence electrons. The Labute approximate surface area is 149 Å². The number of carbonyl (C=O) groups excluding carboxylic acids is 1. The van der Waals surface area contributed by atoms with Crippen LogP contribution in [-0.2, 0) is 15.8 Å². The van der Waals surface area contributed by atoms with Crippen LogP contribution in [0.25, 0.3) is 10.4 Å². The van der Waals surface area contributed by atoms with Crippen LogP contribution < -0.4 is 5.32 Å². The number of aromatic nitrogens is 4. The third kappa shape index (κ3) is 3.53. The van der Waals surface area contributed by atoms with Gasteiger partial charge in [0, 0.05) is 24.9 Å². The van der Waals surface area contributed by atoms with Crippen LogP contribution in [0, 0.1) is 6.92 Å². The molecule has 1 amide bonds. The molecule has 1 atom stereocenters. The molecule has 0 fully saturated rings. The molecule has 0 aliphatic rings. The molecular weight excluding hydrogens is 370 g/mol. The molecule has 0 spiro atoms. The quantitative estimate of drug-likeness (QED) is 0.702. The van der Waals surface area contributed by atoms with Gasteiger partial charge in [0.25, 0.3) is 0 Å². The van der Waals surface area contributed by atoms with Crippen molar-refractivity contribution in [3.63, 3.8) is 0 Å². The summed E-state index contributed by atoms with van der Waals surface area (Å²) in [6, 6.07) is 3.21. The van der Waals surface area contributed by atoms with Gasteiger partial charge in [-0.3, -0.25) is 4.79 Å². The molecule has 7 nitrogen and oxygen atoms in total. The predicted molar refractivity (Wildman–Crippen MR) is 93.4 cm³/mol. The molecule has 0 radical (unpaired) electrons. The zero-order valence-electron chi connectivity index (χ0n) is 12.7. The molecule has 0 saturated carbocycles. The SMILES string of the molecule is CC(=O)Nc1nc(C)c(-c2cnn(S(=O)c3ccc(Cl)nc3)c2)s1. The van der Waals surface area contributed by atoms with Crippen molar-refractivity contribution in [3.05, 3.63) is 41.6 Å². The number of amides is 1. The molecule has 0 aliphatic carbocycles. The van der Waals surface area contributed by atoms with E-state index in [9.17, 15) is 9.00 Å². The number of anilines is 1. The highest BCUT2D eigenvalue weighted by atomic mass is 35.5. The zero-order chi connectivity index (χ0) is 17.3. The zero-order valence-corrected chi connectivity index (χ0v) is 15.1. The summed E-state index contributed by atoms with van der Waals surface area (Å²) >= 11 is 7.07. The minimum atomic E-state index is -1.52. The highest BCUT2D eigenvalue weighted by molar-refractivity contribution is 7.83. The number of nitrogens with zero attached hydrogens (tertiary/aromatic N) is 4. The monoisotopic (exact) mass is 381 g/mol. The Balaban J connectivity index is 1.88. The lowest BCUT2D eigenvalue weighted by molar-refractivity contribution is -0.114. The van der Waals surface area contributed by atoms with E-state index < -0.39 is 11.0 Å². The van der Waals surface area contributed by atoms with Gasteiger partial charge in [0.2, 0.25) is 5.91 Å². The standard InChI is InChI=1S/C14H12ClN5O2S2/c1-8-13(23-14(18-8)19-9(2)21)10-5-17-20(7-10)24(22)11-3-4-12(15)16-6-11/h3-7H,1-2H3,(H,18,19,21). The summed E-state index contributed by atoms with van der Waals surface area (Å²) in [6.07, 6.45) is 4.73. The maximum Gasteiger partial charge on any atom is 0.223 e. The summed E-state index contributed by atoms with van der Waals surface area (Å²) in [5, 5.41) is 7.66. The Morgan fingerprint density at radius 3 is 2.83 bits per heavy atom. The first-order valence-corrected chi connectivity index (χ1v) is 9.08. The smallest absolute Gasteiger partial charge is 0.223 e. The van der Waals surface area contributed by atoms with Gasteiger partial charge in [-0.1, -0.05) is 22.9 Å². The largest absolute Gasteiger partial charge is 0.302 e. The molecular formula is C14H12ClN5O2S2. The molecule has 1 N–H and O–H groups in total. The molecule has 0 saturated heterocycles. The number of pyridine rings is 1. The van der Waals surface area contributed by atoms with E-state index in [1.807, 2.05) is 6.92 Å². The van der Waals surface area contributed by atoms with Crippen LogP contribution in [0.4, 0.5) is 5.13 Å². The van der Waals surface area contributed by atoms with Gasteiger partial charge < -0.3 is 5.32 Å². The van der Waals surface area contributed by atoms with Crippen molar-refractivity contribution in [2.75, 3.05) is 5.32 Å². The molecule has 3 heterocycles. The molecule has 3 aromatic heterocycles. The van der Waals surface area contributed by atoms with Crippen molar-refractivity contribution < 1.29 is 9.00 Å². The fraction of sp³-hybridized carbons (Fsp3) is 0.143. The summed E-state index contributed by atoms with van der Waals surface area (Å²) < 4.78 is 13.8. The van der Waals surface area contributed by atoms with E-state index in [0.717, 1.165) is 16.1 Å². The summed E-state index contributed by atoms with van der Waals surface area (Å²) in [6.45, 7) is 3.27. The average molecular weight is 382 g/mol. The fourth-order valence-corrected chi connectivity index (χ4v) is 3.94. The van der Waals surface area contributed by atoms with E-state index in [4.69, 9.17) is 11.6 Å². The molecule has 3 rings (SSSR count). The molecule has 24 heavy (non-hydrogen) atoms. The van der Waals surface area contributed by atoms with E-state index in [0.29, 0.717) is 15.2 Å². The van der Waals surface area contributed by atoms with Crippen LogP contribution in [0.3, 0.4) is 0 Å². The van der Waals surface area contributed by atoms with Crippen LogP contribution >= 0.6 is 22.9 Å². The lowest BCUT2D eigenvalue weighted by Gasteiger charge is -2.00. The molecule has 1 unspecified atom stereocenters. The number of rotatable bonds is 4. The summed E-state index contributed by atoms with van der Waals surface area (Å²) in [5.41, 5.74) is 1.54. The van der Waals surface area contributed by atoms with E-state index in [1.54, 1.807) is 24.5 Å². The maximum absolute atomic E-state index is 12.5. The van der Waals surface area contributed by atoms with Crippen molar-refractivity contribution in [3.8, 4) is 10.4 Å². The van der Waals surface area contributed by atoms with E-state index >= 15 is 0 Å². The van der Waals surface area contributed by atoms with Gasteiger partial charge >= 0.3 is 0 Å². The number of nitrogens with one attached hydrogen (secondary N) is 1. The Hall–Kier alpha value is -2.10. The van der Waals surface area contributed by atoms with Crippen molar-refractivity contribution in [2.24, 2.45) is 0 Å². The van der Waals surface area contributed by atoms with E-state index in [2.05, 4.69) is 20.4 Å². The summed E-state index contributed by atoms with van der Waals surface area (Å²) in [7, 11) is -1.52. The van der Waals surface area contributed by atoms with Crippen molar-refractivity contribution in [2.45, 2.75) is 18.7 Å². The number of carbonyl (C=O) groups is 1. The molecule has 3 aromatic rings. The number of hydrogen-bond donors (Lipinski definition) is 1. The lowest BCUT2D eigenvalue weighted by Crippen LogP contribution is -2.05. The Morgan fingerprint density at radius 1 is 1.38 bits per heavy atom. The van der Waals surface area contributed by atoms with Gasteiger partial charge in [-0.2, -0.15) is 9.19 Å². The third-order valence-electron chi connectivity index (χ3n) is 2.97. The molecule has 0 aromatic carbocycles. The number of hydrogen-bond acceptors (Lipinski definition) is 6. The second kappa shape index (κ2) is 6.80. The minimum absolute atomic E-state index is 0.178. The van der Waals surface area contributed by atoms with Crippen LogP contribution in [0.15, 0.2) is 35.6 Å². The first-order valence-electron chi connectivity index (χ1n) is 6.78. The Morgan fingerprint density at radius 2 is 2.17 bits per heavy atom. The van der Waals surface area contributed by atoms with Gasteiger partial charge in [-0.15, -0.1) is 0 Å². The van der Waals surface area contributed by atoms with E-state index in [1.165, 1.54) is 28.5 Å². The topological polar surface area (TPSA) is 89.8 Å². The van der Waals surface area contributed by atoms with Crippen LogP contribution in [0.2, 0.25) is 5.15 Å². The van der Waals surface area contributed by atoms with Crippen molar-refractivity contribution in [1.29, 1.82) is 0 Å². The lowest BCUT2D eigenvalue weighted by atomic mass is 10.2. The molecule has 10 heteroatoms. The Kier molecular flexibility index (Phi) is 4.74. The number of aryl methyl sites for hydroxylation is 1. The molecule has 0 bridgehead atoms. The minimum Gasteiger partial charge on any atom is -0.302 e. The van der Waals surface area contributed by atoms with Crippen LogP contribution in [0.5, 0.6) is 0 Å². The van der Waals surface area contributed by atoms with Gasteiger partial charge in [-0.05, 0) is 19.1 Å². The van der Waals surface area contributed by atoms with Crippen LogP contribution in [0.1, 0.15) is 12.6 Å². The second-order valence-electron chi connectivity index (χ2n) is 4.81. The predicted octanol–water partition coefficient (Wildman–Crippen LogP) is 2.89. The van der Waals surface area contributed by atoms with Gasteiger partial charge in [0.05, 0.1) is 21.7 Å². The van der Waals surface area contributed by atoms with E-state index in [-0.39, 0.29) is 5.91 Å². The third-order valence-corrected chi connectivity index (χ3v) is 5.50. The highest BCUT2D eigenvalue weighted by Crippen LogP contribution is 2.32. The summed E-state index contributed by atoms with van der Waals surface area (Å²) in [4.78, 5) is 20.7. The first-order chi connectivity index (χ1) is 11.4. The van der Waals surface area contributed by atoms with Gasteiger partial charge in [0.1, 0.15) is 5.15 Å². The number of thiazole rings is 1. The van der Waals surface area contributed by atoms with Crippen molar-refractivity contribution >= 4 is 45.0 Å². The second-order valence-corrected chi connectivity index (χ2v) is 7.54. The van der Waals surface area contributed by atoms with Gasteiger partial charge in [-0.25, -0.2) is 14.2 Å².